The molecule has 0 aliphatic rings. The first-order chi connectivity index (χ1) is 13.1. The average molecular weight is 362 g/mol. The highest BCUT2D eigenvalue weighted by molar-refractivity contribution is 6.04. The number of methoxy groups -OCH3 is 1. The third kappa shape index (κ3) is 3.35. The SMILES string of the molecule is COc1ccc2nc(-c3cccc(NC(=O)c4ccccc4F)c3)cn2n1. The van der Waals surface area contributed by atoms with E-state index in [-0.39, 0.29) is 5.56 Å². The first-order valence-electron chi connectivity index (χ1n) is 8.21. The number of halogens is 1. The van der Waals surface area contributed by atoms with Crippen molar-refractivity contribution in [2.24, 2.45) is 0 Å². The smallest absolute Gasteiger partial charge is 0.258 e. The molecule has 0 atom stereocenters. The summed E-state index contributed by atoms with van der Waals surface area (Å²) in [5.41, 5.74) is 2.70. The number of hydrogen-bond donors (Lipinski definition) is 1. The van der Waals surface area contributed by atoms with Crippen LogP contribution >= 0.6 is 0 Å². The maximum Gasteiger partial charge on any atom is 0.258 e. The first-order valence-corrected chi connectivity index (χ1v) is 8.21. The normalized spacial score (nSPS) is 10.7. The van der Waals surface area contributed by atoms with E-state index in [1.165, 1.54) is 12.1 Å². The minimum Gasteiger partial charge on any atom is -0.480 e. The third-order valence-electron chi connectivity index (χ3n) is 4.04. The maximum atomic E-state index is 13.8. The lowest BCUT2D eigenvalue weighted by Gasteiger charge is -2.07. The van der Waals surface area contributed by atoms with Gasteiger partial charge in [-0.25, -0.2) is 13.9 Å². The average Bonchev–Trinajstić information content (AvgIpc) is 3.11. The number of hydrogen-bond acceptors (Lipinski definition) is 4. The Morgan fingerprint density at radius 2 is 1.96 bits per heavy atom. The molecule has 0 aliphatic carbocycles. The highest BCUT2D eigenvalue weighted by Gasteiger charge is 2.12. The van der Waals surface area contributed by atoms with Gasteiger partial charge in [0, 0.05) is 17.3 Å². The van der Waals surface area contributed by atoms with Crippen molar-refractivity contribution in [1.29, 1.82) is 0 Å². The number of ether oxygens (including phenoxy) is 1. The van der Waals surface area contributed by atoms with Crippen LogP contribution in [0.25, 0.3) is 16.9 Å². The zero-order chi connectivity index (χ0) is 18.8. The Bertz CT molecular complexity index is 1140. The molecule has 4 aromatic rings. The van der Waals surface area contributed by atoms with Crippen molar-refractivity contribution in [3.63, 3.8) is 0 Å². The fraction of sp³-hybridized carbons (Fsp3) is 0.0500. The molecular weight excluding hydrogens is 347 g/mol. The van der Waals surface area contributed by atoms with Gasteiger partial charge >= 0.3 is 0 Å². The number of carbonyl (C=O) groups excluding carboxylic acids is 1. The summed E-state index contributed by atoms with van der Waals surface area (Å²) >= 11 is 0. The summed E-state index contributed by atoms with van der Waals surface area (Å²) < 4.78 is 20.5. The molecule has 2 aromatic heterocycles. The van der Waals surface area contributed by atoms with Crippen LogP contribution in [0.3, 0.4) is 0 Å². The number of fused-ring (bicyclic) bond motifs is 1. The highest BCUT2D eigenvalue weighted by Crippen LogP contribution is 2.23. The number of carbonyl (C=O) groups is 1. The van der Waals surface area contributed by atoms with Gasteiger partial charge in [0.25, 0.3) is 5.91 Å². The van der Waals surface area contributed by atoms with Crippen LogP contribution in [-0.2, 0) is 0 Å². The summed E-state index contributed by atoms with van der Waals surface area (Å²) in [5, 5.41) is 6.99. The molecule has 6 nitrogen and oxygen atoms in total. The summed E-state index contributed by atoms with van der Waals surface area (Å²) in [6.45, 7) is 0. The zero-order valence-electron chi connectivity index (χ0n) is 14.4. The van der Waals surface area contributed by atoms with Gasteiger partial charge in [-0.05, 0) is 30.3 Å². The Labute approximate surface area is 154 Å². The summed E-state index contributed by atoms with van der Waals surface area (Å²) in [4.78, 5) is 16.8. The van der Waals surface area contributed by atoms with E-state index in [0.717, 1.165) is 5.56 Å². The van der Waals surface area contributed by atoms with E-state index in [1.54, 1.807) is 60.3 Å². The molecular formula is C20H15FN4O2. The lowest BCUT2D eigenvalue weighted by molar-refractivity contribution is 0.102. The molecule has 134 valence electrons. The Morgan fingerprint density at radius 3 is 2.78 bits per heavy atom. The van der Waals surface area contributed by atoms with Crippen molar-refractivity contribution < 1.29 is 13.9 Å². The number of anilines is 1. The fourth-order valence-electron chi connectivity index (χ4n) is 2.71. The Balaban J connectivity index is 1.63. The van der Waals surface area contributed by atoms with Gasteiger partial charge in [-0.3, -0.25) is 4.79 Å². The number of imidazole rings is 1. The van der Waals surface area contributed by atoms with Crippen molar-refractivity contribution >= 4 is 17.2 Å². The minimum absolute atomic E-state index is 0.00747. The van der Waals surface area contributed by atoms with Gasteiger partial charge in [0.1, 0.15) is 5.82 Å². The van der Waals surface area contributed by atoms with Crippen LogP contribution in [-0.4, -0.2) is 27.6 Å². The van der Waals surface area contributed by atoms with Crippen LogP contribution < -0.4 is 10.1 Å². The molecule has 0 spiro atoms. The molecule has 0 saturated heterocycles. The van der Waals surface area contributed by atoms with Crippen LogP contribution in [0.4, 0.5) is 10.1 Å². The van der Waals surface area contributed by atoms with E-state index in [0.29, 0.717) is 22.9 Å². The van der Waals surface area contributed by atoms with Crippen molar-refractivity contribution in [3.05, 3.63) is 78.2 Å². The largest absolute Gasteiger partial charge is 0.480 e. The van der Waals surface area contributed by atoms with Crippen molar-refractivity contribution in [1.82, 2.24) is 14.6 Å². The molecule has 0 radical (unpaired) electrons. The van der Waals surface area contributed by atoms with Crippen LogP contribution in [0.15, 0.2) is 66.9 Å². The van der Waals surface area contributed by atoms with Gasteiger partial charge in [-0.15, -0.1) is 5.10 Å². The van der Waals surface area contributed by atoms with Gasteiger partial charge in [-0.2, -0.15) is 0 Å². The molecule has 27 heavy (non-hydrogen) atoms. The summed E-state index contributed by atoms with van der Waals surface area (Å²) in [6.07, 6.45) is 1.77. The second kappa shape index (κ2) is 6.87. The predicted octanol–water partition coefficient (Wildman–Crippen LogP) is 3.80. The van der Waals surface area contributed by atoms with E-state index < -0.39 is 11.7 Å². The quantitative estimate of drug-likeness (QED) is 0.600. The third-order valence-corrected chi connectivity index (χ3v) is 4.04. The molecule has 0 saturated carbocycles. The topological polar surface area (TPSA) is 68.5 Å². The molecule has 1 amide bonds. The summed E-state index contributed by atoms with van der Waals surface area (Å²) in [7, 11) is 1.55. The molecule has 4 rings (SSSR count). The van der Waals surface area contributed by atoms with Gasteiger partial charge in [0.15, 0.2) is 5.65 Å². The second-order valence-corrected chi connectivity index (χ2v) is 5.82. The minimum atomic E-state index is -0.563. The van der Waals surface area contributed by atoms with E-state index in [2.05, 4.69) is 15.4 Å². The Morgan fingerprint density at radius 1 is 1.11 bits per heavy atom. The van der Waals surface area contributed by atoms with E-state index >= 15 is 0 Å². The highest BCUT2D eigenvalue weighted by atomic mass is 19.1. The molecule has 2 aromatic carbocycles. The fourth-order valence-corrected chi connectivity index (χ4v) is 2.71. The maximum absolute atomic E-state index is 13.8. The van der Waals surface area contributed by atoms with Crippen molar-refractivity contribution in [3.8, 4) is 17.1 Å². The molecule has 0 fully saturated rings. The predicted molar refractivity (Wildman–Crippen MR) is 99.3 cm³/mol. The molecule has 7 heteroatoms. The number of nitrogens with zero attached hydrogens (tertiary/aromatic N) is 3. The summed E-state index contributed by atoms with van der Waals surface area (Å²) in [6, 6.07) is 16.6. The number of amides is 1. The number of nitrogens with one attached hydrogen (secondary N) is 1. The molecule has 2 heterocycles. The lowest BCUT2D eigenvalue weighted by Crippen LogP contribution is -2.13. The second-order valence-electron chi connectivity index (χ2n) is 5.82. The standard InChI is InChI=1S/C20H15FN4O2/c1-27-19-10-9-18-23-17(12-25(18)24-19)13-5-4-6-14(11-13)22-20(26)15-7-2-3-8-16(15)21/h2-12H,1H3,(H,22,26). The van der Waals surface area contributed by atoms with Crippen LogP contribution in [0.5, 0.6) is 5.88 Å². The Hall–Kier alpha value is -3.74. The first kappa shape index (κ1) is 16.7. The monoisotopic (exact) mass is 362 g/mol. The van der Waals surface area contributed by atoms with Crippen LogP contribution in [0.2, 0.25) is 0 Å². The van der Waals surface area contributed by atoms with Gasteiger partial charge in [-0.1, -0.05) is 24.3 Å². The van der Waals surface area contributed by atoms with E-state index in [9.17, 15) is 9.18 Å². The zero-order valence-corrected chi connectivity index (χ0v) is 14.4. The molecule has 0 aliphatic heterocycles. The number of aromatic nitrogens is 3. The lowest BCUT2D eigenvalue weighted by atomic mass is 10.1. The van der Waals surface area contributed by atoms with Crippen LogP contribution in [0, 0.1) is 5.82 Å². The van der Waals surface area contributed by atoms with Crippen molar-refractivity contribution in [2.45, 2.75) is 0 Å². The van der Waals surface area contributed by atoms with Gasteiger partial charge in [0.2, 0.25) is 5.88 Å². The summed E-state index contributed by atoms with van der Waals surface area (Å²) in [5.74, 6) is -0.587. The molecule has 0 bridgehead atoms. The van der Waals surface area contributed by atoms with Gasteiger partial charge < -0.3 is 10.1 Å². The number of benzene rings is 2. The Kier molecular flexibility index (Phi) is 4.25. The number of rotatable bonds is 4. The van der Waals surface area contributed by atoms with Crippen molar-refractivity contribution in [2.75, 3.05) is 12.4 Å². The van der Waals surface area contributed by atoms with Crippen LogP contribution in [0.1, 0.15) is 10.4 Å². The van der Waals surface area contributed by atoms with E-state index in [4.69, 9.17) is 4.74 Å². The van der Waals surface area contributed by atoms with E-state index in [1.807, 2.05) is 6.07 Å². The molecule has 0 unspecified atom stereocenters. The van der Waals surface area contributed by atoms with Gasteiger partial charge in [0.05, 0.1) is 24.6 Å². The molecule has 1 N–H and O–H groups in total.